The molecule has 2 rings (SSSR count). The lowest BCUT2D eigenvalue weighted by molar-refractivity contribution is -0.129. The lowest BCUT2D eigenvalue weighted by Gasteiger charge is -2.13. The zero-order chi connectivity index (χ0) is 18.6. The molecule has 0 aliphatic rings. The average molecular weight is 346 g/mol. The molecule has 7 heteroatoms. The monoisotopic (exact) mass is 346 g/mol. The van der Waals surface area contributed by atoms with E-state index < -0.39 is 18.0 Å². The number of rotatable bonds is 6. The van der Waals surface area contributed by atoms with Crippen molar-refractivity contribution < 1.29 is 23.5 Å². The molecule has 1 heterocycles. The van der Waals surface area contributed by atoms with Crippen LogP contribution in [-0.2, 0) is 23.1 Å². The van der Waals surface area contributed by atoms with Crippen LogP contribution < -0.4 is 5.32 Å². The maximum Gasteiger partial charge on any atom is 0.355 e. The van der Waals surface area contributed by atoms with Crippen molar-refractivity contribution in [1.29, 1.82) is 0 Å². The van der Waals surface area contributed by atoms with Gasteiger partial charge in [0.1, 0.15) is 11.5 Å². The first-order chi connectivity index (χ1) is 11.8. The number of benzene rings is 1. The van der Waals surface area contributed by atoms with Gasteiger partial charge in [0, 0.05) is 25.4 Å². The number of ether oxygens (including phenoxy) is 1. The number of nitrogens with zero attached hydrogens (tertiary/aromatic N) is 1. The van der Waals surface area contributed by atoms with E-state index in [1.54, 1.807) is 19.2 Å². The van der Waals surface area contributed by atoms with Gasteiger partial charge in [-0.2, -0.15) is 0 Å². The molecular weight excluding hydrogens is 327 g/mol. The van der Waals surface area contributed by atoms with E-state index >= 15 is 0 Å². The van der Waals surface area contributed by atoms with Crippen molar-refractivity contribution in [1.82, 2.24) is 9.88 Å². The van der Waals surface area contributed by atoms with Gasteiger partial charge in [0.15, 0.2) is 11.9 Å². The smallest absolute Gasteiger partial charge is 0.355 e. The molecule has 2 aromatic rings. The first kappa shape index (κ1) is 18.4. The first-order valence-corrected chi connectivity index (χ1v) is 7.68. The third-order valence-electron chi connectivity index (χ3n) is 3.65. The Kier molecular flexibility index (Phi) is 5.69. The summed E-state index contributed by atoms with van der Waals surface area (Å²) in [6, 6.07) is 7.13. The van der Waals surface area contributed by atoms with E-state index in [2.05, 4.69) is 5.32 Å². The lowest BCUT2D eigenvalue weighted by Crippen LogP contribution is -2.35. The second-order valence-corrected chi connectivity index (χ2v) is 5.67. The van der Waals surface area contributed by atoms with Gasteiger partial charge >= 0.3 is 5.97 Å². The number of ketones is 1. The van der Waals surface area contributed by atoms with Crippen LogP contribution in [0.4, 0.5) is 4.39 Å². The molecule has 1 aromatic heterocycles. The van der Waals surface area contributed by atoms with E-state index in [4.69, 9.17) is 4.74 Å². The van der Waals surface area contributed by atoms with Gasteiger partial charge in [-0.25, -0.2) is 9.18 Å². The predicted octanol–water partition coefficient (Wildman–Crippen LogP) is 2.23. The summed E-state index contributed by atoms with van der Waals surface area (Å²) in [5.41, 5.74) is 1.30. The van der Waals surface area contributed by atoms with E-state index in [0.717, 1.165) is 5.56 Å². The highest BCUT2D eigenvalue weighted by Gasteiger charge is 2.21. The number of amides is 1. The van der Waals surface area contributed by atoms with Gasteiger partial charge in [-0.05, 0) is 37.6 Å². The molecule has 0 saturated heterocycles. The van der Waals surface area contributed by atoms with Crippen LogP contribution in [0, 0.1) is 5.82 Å². The van der Waals surface area contributed by atoms with Gasteiger partial charge < -0.3 is 14.6 Å². The quantitative estimate of drug-likeness (QED) is 0.643. The number of hydrogen-bond donors (Lipinski definition) is 1. The average Bonchev–Trinajstić information content (AvgIpc) is 2.96. The molecular formula is C18H19FN2O4. The Hall–Kier alpha value is -2.96. The fraction of sp³-hybridized carbons (Fsp3) is 0.278. The van der Waals surface area contributed by atoms with Crippen LogP contribution >= 0.6 is 0 Å². The second kappa shape index (κ2) is 7.74. The fourth-order valence-corrected chi connectivity index (χ4v) is 2.17. The summed E-state index contributed by atoms with van der Waals surface area (Å²) in [4.78, 5) is 35.5. The third kappa shape index (κ3) is 4.76. The number of aromatic nitrogens is 1. The Morgan fingerprint density at radius 3 is 2.44 bits per heavy atom. The summed E-state index contributed by atoms with van der Waals surface area (Å²) < 4.78 is 19.4. The van der Waals surface area contributed by atoms with Crippen LogP contribution in [0.25, 0.3) is 0 Å². The fourth-order valence-electron chi connectivity index (χ4n) is 2.17. The number of carbonyl (C=O) groups excluding carboxylic acids is 3. The van der Waals surface area contributed by atoms with Crippen molar-refractivity contribution in [3.05, 3.63) is 59.2 Å². The Bertz CT molecular complexity index is 796. The van der Waals surface area contributed by atoms with Crippen molar-refractivity contribution in [2.75, 3.05) is 0 Å². The van der Waals surface area contributed by atoms with Gasteiger partial charge in [0.25, 0.3) is 5.91 Å². The number of nitrogens with one attached hydrogen (secondary N) is 1. The highest BCUT2D eigenvalue weighted by Crippen LogP contribution is 2.11. The molecule has 0 fully saturated rings. The molecule has 1 atom stereocenters. The van der Waals surface area contributed by atoms with Gasteiger partial charge in [-0.1, -0.05) is 12.1 Å². The van der Waals surface area contributed by atoms with Crippen LogP contribution in [0.5, 0.6) is 0 Å². The third-order valence-corrected chi connectivity index (χ3v) is 3.65. The summed E-state index contributed by atoms with van der Waals surface area (Å²) >= 11 is 0. The van der Waals surface area contributed by atoms with Gasteiger partial charge in [0.2, 0.25) is 0 Å². The number of Topliss-reactive ketones (excluding diaryl/α,β-unsaturated/α-hetero) is 1. The number of halogens is 1. The molecule has 25 heavy (non-hydrogen) atoms. The molecule has 1 N–H and O–H groups in total. The highest BCUT2D eigenvalue weighted by molar-refractivity contribution is 5.98. The molecule has 0 radical (unpaired) electrons. The minimum absolute atomic E-state index is 0.167. The zero-order valence-corrected chi connectivity index (χ0v) is 14.2. The van der Waals surface area contributed by atoms with Crippen molar-refractivity contribution >= 4 is 17.7 Å². The van der Waals surface area contributed by atoms with Crippen LogP contribution in [-0.4, -0.2) is 28.3 Å². The van der Waals surface area contributed by atoms with E-state index in [9.17, 15) is 18.8 Å². The highest BCUT2D eigenvalue weighted by atomic mass is 19.1. The standard InChI is InChI=1S/C18H19FN2O4/c1-11(22)14-8-16(21(3)10-14)18(24)25-12(2)17(23)20-9-13-4-6-15(19)7-5-13/h4-8,10,12H,9H2,1-3H3,(H,20,23)/t12-/m1/s1. The van der Waals surface area contributed by atoms with Crippen LogP contribution in [0.15, 0.2) is 36.5 Å². The molecule has 0 unspecified atom stereocenters. The number of esters is 1. The van der Waals surface area contributed by atoms with Crippen molar-refractivity contribution in [2.24, 2.45) is 7.05 Å². The zero-order valence-electron chi connectivity index (χ0n) is 14.2. The largest absolute Gasteiger partial charge is 0.448 e. The van der Waals surface area contributed by atoms with Gasteiger partial charge in [0.05, 0.1) is 0 Å². The molecule has 132 valence electrons. The molecule has 0 spiro atoms. The molecule has 0 saturated carbocycles. The summed E-state index contributed by atoms with van der Waals surface area (Å²) in [6.07, 6.45) is 0.515. The van der Waals surface area contributed by atoms with E-state index in [1.165, 1.54) is 42.8 Å². The molecule has 0 bridgehead atoms. The van der Waals surface area contributed by atoms with E-state index in [-0.39, 0.29) is 23.8 Å². The summed E-state index contributed by atoms with van der Waals surface area (Å²) in [7, 11) is 1.61. The number of hydrogen-bond acceptors (Lipinski definition) is 4. The van der Waals surface area contributed by atoms with Crippen molar-refractivity contribution in [2.45, 2.75) is 26.5 Å². The summed E-state index contributed by atoms with van der Waals surface area (Å²) in [5, 5.41) is 2.61. The predicted molar refractivity (Wildman–Crippen MR) is 88.5 cm³/mol. The minimum Gasteiger partial charge on any atom is -0.448 e. The van der Waals surface area contributed by atoms with Gasteiger partial charge in [-0.15, -0.1) is 0 Å². The molecule has 0 aliphatic heterocycles. The first-order valence-electron chi connectivity index (χ1n) is 7.68. The Morgan fingerprint density at radius 1 is 1.24 bits per heavy atom. The lowest BCUT2D eigenvalue weighted by atomic mass is 10.2. The molecule has 1 amide bonds. The summed E-state index contributed by atoms with van der Waals surface area (Å²) in [5.74, 6) is -1.69. The molecule has 1 aromatic carbocycles. The maximum absolute atomic E-state index is 12.8. The topological polar surface area (TPSA) is 77.4 Å². The summed E-state index contributed by atoms with van der Waals surface area (Å²) in [6.45, 7) is 3.04. The molecule has 6 nitrogen and oxygen atoms in total. The van der Waals surface area contributed by atoms with Crippen LogP contribution in [0.2, 0.25) is 0 Å². The van der Waals surface area contributed by atoms with E-state index in [1.807, 2.05) is 0 Å². The van der Waals surface area contributed by atoms with E-state index in [0.29, 0.717) is 5.56 Å². The van der Waals surface area contributed by atoms with Crippen molar-refractivity contribution in [3.8, 4) is 0 Å². The van der Waals surface area contributed by atoms with Crippen LogP contribution in [0.1, 0.15) is 40.3 Å². The maximum atomic E-state index is 12.8. The number of carbonyl (C=O) groups is 3. The van der Waals surface area contributed by atoms with Crippen molar-refractivity contribution in [3.63, 3.8) is 0 Å². The Balaban J connectivity index is 1.92. The molecule has 0 aliphatic carbocycles. The van der Waals surface area contributed by atoms with Crippen LogP contribution in [0.3, 0.4) is 0 Å². The minimum atomic E-state index is -1.01. The Morgan fingerprint density at radius 2 is 1.88 bits per heavy atom. The normalized spacial score (nSPS) is 11.7. The Labute approximate surface area is 144 Å². The van der Waals surface area contributed by atoms with Gasteiger partial charge in [-0.3, -0.25) is 9.59 Å². The number of aryl methyl sites for hydroxylation is 1. The second-order valence-electron chi connectivity index (χ2n) is 5.67. The SMILES string of the molecule is CC(=O)c1cc(C(=O)O[C@H](C)C(=O)NCc2ccc(F)cc2)n(C)c1.